The SMILES string of the molecule is CCOC(=O)[C@H](CC(=O)N1C(=O)O[C@H](CCC(F)(F)C(F)(F)C(F)(F)C(F)(F)C(F)(F)C(F)(F)F)[C@@H]1Cc1ccccc1)C(C)C. The van der Waals surface area contributed by atoms with E-state index in [0.29, 0.717) is 4.90 Å². The van der Waals surface area contributed by atoms with Crippen molar-refractivity contribution in [3.8, 4) is 0 Å². The summed E-state index contributed by atoms with van der Waals surface area (Å²) < 4.78 is 186. The molecule has 0 radical (unpaired) electrons. The molecule has 19 heteroatoms. The Kier molecular flexibility index (Phi) is 11.4. The Morgan fingerprint density at radius 2 is 1.37 bits per heavy atom. The standard InChI is InChI=1S/C27H28F13NO5/c1-4-45-20(43)16(14(2)3)13-19(42)41-17(12-15-8-6-5-7-9-15)18(46-21(41)44)10-11-22(28,29)23(30,31)24(32,33)25(34,35)26(36,37)27(38,39)40/h5-9,14,16-18H,4,10-13H2,1-3H3/t16-,17+,18-/m1/s1. The molecule has 1 heterocycles. The minimum absolute atomic E-state index is 0.0849. The summed E-state index contributed by atoms with van der Waals surface area (Å²) in [7, 11) is 0. The van der Waals surface area contributed by atoms with Gasteiger partial charge in [-0.1, -0.05) is 44.2 Å². The van der Waals surface area contributed by atoms with Crippen LogP contribution in [0, 0.1) is 11.8 Å². The summed E-state index contributed by atoms with van der Waals surface area (Å²) in [5.74, 6) is -41.4. The molecule has 1 aromatic rings. The van der Waals surface area contributed by atoms with Crippen LogP contribution >= 0.6 is 0 Å². The number of esters is 1. The molecule has 262 valence electrons. The molecule has 0 aliphatic carbocycles. The summed E-state index contributed by atoms with van der Waals surface area (Å²) in [5, 5.41) is 0. The number of benzene rings is 1. The number of ether oxygens (including phenoxy) is 2. The number of hydrogen-bond donors (Lipinski definition) is 0. The summed E-state index contributed by atoms with van der Waals surface area (Å²) in [6, 6.07) is 5.61. The Balaban J connectivity index is 2.42. The van der Waals surface area contributed by atoms with Crippen LogP contribution in [-0.4, -0.2) is 77.4 Å². The molecule has 0 spiro atoms. The van der Waals surface area contributed by atoms with Crippen molar-refractivity contribution in [2.24, 2.45) is 11.8 Å². The largest absolute Gasteiger partial charge is 0.466 e. The maximum atomic E-state index is 14.5. The second-order valence-electron chi connectivity index (χ2n) is 10.8. The van der Waals surface area contributed by atoms with Gasteiger partial charge in [-0.25, -0.2) is 9.69 Å². The van der Waals surface area contributed by atoms with Crippen molar-refractivity contribution < 1.29 is 80.9 Å². The summed E-state index contributed by atoms with van der Waals surface area (Å²) in [6.07, 6.45) is -16.4. The van der Waals surface area contributed by atoms with Crippen LogP contribution in [0.4, 0.5) is 61.9 Å². The molecule has 0 aromatic heterocycles. The molecule has 0 unspecified atom stereocenters. The van der Waals surface area contributed by atoms with Crippen molar-refractivity contribution in [1.82, 2.24) is 4.90 Å². The molecule has 0 saturated carbocycles. The molecule has 2 amide bonds. The Bertz CT molecular complexity index is 1240. The van der Waals surface area contributed by atoms with E-state index < -0.39 is 103 Å². The lowest BCUT2D eigenvalue weighted by atomic mass is 9.89. The second kappa shape index (κ2) is 13.4. The molecular formula is C27H28F13NO5. The molecule has 3 atom stereocenters. The Morgan fingerprint density at radius 1 is 0.848 bits per heavy atom. The van der Waals surface area contributed by atoms with Gasteiger partial charge in [0, 0.05) is 12.8 Å². The second-order valence-corrected chi connectivity index (χ2v) is 10.8. The molecule has 0 N–H and O–H groups in total. The van der Waals surface area contributed by atoms with E-state index in [1.165, 1.54) is 51.1 Å². The third-order valence-corrected chi connectivity index (χ3v) is 7.30. The van der Waals surface area contributed by atoms with Gasteiger partial charge in [0.25, 0.3) is 0 Å². The Labute approximate surface area is 253 Å². The van der Waals surface area contributed by atoms with Crippen molar-refractivity contribution in [2.75, 3.05) is 6.61 Å². The first-order chi connectivity index (χ1) is 20.8. The highest BCUT2D eigenvalue weighted by molar-refractivity contribution is 5.95. The van der Waals surface area contributed by atoms with Crippen molar-refractivity contribution in [1.29, 1.82) is 0 Å². The average Bonchev–Trinajstić information content (AvgIpc) is 3.24. The van der Waals surface area contributed by atoms with Gasteiger partial charge in [0.2, 0.25) is 5.91 Å². The maximum absolute atomic E-state index is 14.5. The van der Waals surface area contributed by atoms with E-state index in [0.717, 1.165) is 0 Å². The Hall–Kier alpha value is -3.28. The van der Waals surface area contributed by atoms with Gasteiger partial charge >= 0.3 is 47.9 Å². The zero-order valence-corrected chi connectivity index (χ0v) is 24.1. The molecule has 6 nitrogen and oxygen atoms in total. The highest BCUT2D eigenvalue weighted by atomic mass is 19.4. The van der Waals surface area contributed by atoms with Gasteiger partial charge < -0.3 is 9.47 Å². The molecule has 1 saturated heterocycles. The van der Waals surface area contributed by atoms with Crippen molar-refractivity contribution in [3.05, 3.63) is 35.9 Å². The van der Waals surface area contributed by atoms with E-state index in [9.17, 15) is 71.5 Å². The van der Waals surface area contributed by atoms with Gasteiger partial charge in [-0.3, -0.25) is 9.59 Å². The fourth-order valence-electron chi connectivity index (χ4n) is 4.59. The minimum atomic E-state index is -8.05. The minimum Gasteiger partial charge on any atom is -0.466 e. The number of carbonyl (C=O) groups is 3. The van der Waals surface area contributed by atoms with Crippen LogP contribution in [0.1, 0.15) is 45.6 Å². The van der Waals surface area contributed by atoms with Crippen molar-refractivity contribution >= 4 is 18.0 Å². The molecule has 1 aliphatic heterocycles. The summed E-state index contributed by atoms with van der Waals surface area (Å²) in [4.78, 5) is 38.6. The zero-order chi connectivity index (χ0) is 35.7. The smallest absolute Gasteiger partial charge is 0.460 e. The van der Waals surface area contributed by atoms with Crippen LogP contribution < -0.4 is 0 Å². The number of rotatable bonds is 14. The van der Waals surface area contributed by atoms with Gasteiger partial charge in [0.1, 0.15) is 6.10 Å². The number of cyclic esters (lactones) is 1. The Morgan fingerprint density at radius 3 is 1.85 bits per heavy atom. The van der Waals surface area contributed by atoms with Crippen molar-refractivity contribution in [2.45, 2.75) is 94.4 Å². The number of hydrogen-bond acceptors (Lipinski definition) is 5. The highest BCUT2D eigenvalue weighted by Crippen LogP contribution is 2.61. The molecule has 0 bridgehead atoms. The third kappa shape index (κ3) is 7.16. The van der Waals surface area contributed by atoms with Gasteiger partial charge in [0.15, 0.2) is 0 Å². The number of imide groups is 1. The first kappa shape index (κ1) is 38.9. The van der Waals surface area contributed by atoms with E-state index in [-0.39, 0.29) is 12.2 Å². The summed E-state index contributed by atoms with van der Waals surface area (Å²) in [6.45, 7) is 4.42. The lowest BCUT2D eigenvalue weighted by Gasteiger charge is -2.40. The monoisotopic (exact) mass is 693 g/mol. The topological polar surface area (TPSA) is 72.9 Å². The van der Waals surface area contributed by atoms with E-state index in [4.69, 9.17) is 9.47 Å². The fraction of sp³-hybridized carbons (Fsp3) is 0.667. The van der Waals surface area contributed by atoms with Gasteiger partial charge in [-0.05, 0) is 31.2 Å². The van der Waals surface area contributed by atoms with E-state index in [1.807, 2.05) is 0 Å². The van der Waals surface area contributed by atoms with E-state index in [2.05, 4.69) is 0 Å². The summed E-state index contributed by atoms with van der Waals surface area (Å²) in [5.41, 5.74) is 0.289. The van der Waals surface area contributed by atoms with Gasteiger partial charge in [-0.15, -0.1) is 0 Å². The summed E-state index contributed by atoms with van der Waals surface area (Å²) >= 11 is 0. The number of amides is 2. The highest BCUT2D eigenvalue weighted by Gasteiger charge is 2.90. The van der Waals surface area contributed by atoms with Gasteiger partial charge in [0.05, 0.1) is 18.6 Å². The third-order valence-electron chi connectivity index (χ3n) is 7.30. The predicted molar refractivity (Wildman–Crippen MR) is 131 cm³/mol. The lowest BCUT2D eigenvalue weighted by Crippen LogP contribution is -2.70. The number of carbonyl (C=O) groups excluding carboxylic acids is 3. The number of alkyl halides is 13. The molecular weight excluding hydrogens is 665 g/mol. The van der Waals surface area contributed by atoms with Crippen LogP contribution in [0.3, 0.4) is 0 Å². The quantitative estimate of drug-likeness (QED) is 0.148. The van der Waals surface area contributed by atoms with E-state index in [1.54, 1.807) is 0 Å². The molecule has 1 aromatic carbocycles. The van der Waals surface area contributed by atoms with Crippen LogP contribution in [0.25, 0.3) is 0 Å². The van der Waals surface area contributed by atoms with Crippen molar-refractivity contribution in [3.63, 3.8) is 0 Å². The van der Waals surface area contributed by atoms with E-state index >= 15 is 0 Å². The molecule has 46 heavy (non-hydrogen) atoms. The van der Waals surface area contributed by atoms with Crippen LogP contribution in [0.5, 0.6) is 0 Å². The molecule has 2 rings (SSSR count). The molecule has 1 aliphatic rings. The first-order valence-corrected chi connectivity index (χ1v) is 13.5. The fourth-order valence-corrected chi connectivity index (χ4v) is 4.59. The molecule has 1 fully saturated rings. The van der Waals surface area contributed by atoms with Crippen LogP contribution in [0.15, 0.2) is 30.3 Å². The maximum Gasteiger partial charge on any atom is 0.460 e. The predicted octanol–water partition coefficient (Wildman–Crippen LogP) is 7.69. The van der Waals surface area contributed by atoms with Crippen LogP contribution in [-0.2, 0) is 25.5 Å². The number of nitrogens with zero attached hydrogens (tertiary/aromatic N) is 1. The first-order valence-electron chi connectivity index (χ1n) is 13.5. The lowest BCUT2D eigenvalue weighted by molar-refractivity contribution is -0.440. The normalized spacial score (nSPS) is 19.3. The average molecular weight is 693 g/mol. The zero-order valence-electron chi connectivity index (χ0n) is 24.1. The van der Waals surface area contributed by atoms with Gasteiger partial charge in [-0.2, -0.15) is 57.1 Å². The van der Waals surface area contributed by atoms with Crippen LogP contribution in [0.2, 0.25) is 0 Å². The number of halogens is 13.